The van der Waals surface area contributed by atoms with Crippen LogP contribution in [0.5, 0.6) is 0 Å². The van der Waals surface area contributed by atoms with E-state index >= 15 is 0 Å². The van der Waals surface area contributed by atoms with Crippen LogP contribution in [0.15, 0.2) is 4.90 Å². The normalized spacial score (nSPS) is 19.1. The topological polar surface area (TPSA) is 98.3 Å². The number of esters is 1. The second-order valence-electron chi connectivity index (χ2n) is 5.24. The minimum atomic E-state index is -4.10. The quantitative estimate of drug-likeness (QED) is 0.648. The molecule has 1 saturated heterocycles. The first kappa shape index (κ1) is 16.3. The molecule has 1 unspecified atom stereocenters. The molecule has 1 aromatic heterocycles. The minimum Gasteiger partial charge on any atom is -0.460 e. The number of aromatic nitrogens is 2. The number of nitrogens with one attached hydrogen (secondary N) is 1. The van der Waals surface area contributed by atoms with Gasteiger partial charge in [-0.1, -0.05) is 13.8 Å². The monoisotopic (exact) mass is 336 g/mol. The van der Waals surface area contributed by atoms with Crippen molar-refractivity contribution in [2.24, 2.45) is 5.92 Å². The second kappa shape index (κ2) is 6.33. The van der Waals surface area contributed by atoms with E-state index in [4.69, 9.17) is 20.2 Å². The van der Waals surface area contributed by atoms with Crippen LogP contribution < -0.4 is 0 Å². The summed E-state index contributed by atoms with van der Waals surface area (Å²) in [5.41, 5.74) is -0.00577. The molecule has 1 fully saturated rings. The van der Waals surface area contributed by atoms with Gasteiger partial charge in [-0.25, -0.2) is 13.2 Å². The second-order valence-corrected chi connectivity index (χ2v) is 7.74. The van der Waals surface area contributed by atoms with E-state index < -0.39 is 15.0 Å². The number of nitrogens with zero attached hydrogens (tertiary/aromatic N) is 1. The lowest BCUT2D eigenvalue weighted by Crippen LogP contribution is -2.16. The molecule has 21 heavy (non-hydrogen) atoms. The summed E-state index contributed by atoms with van der Waals surface area (Å²) in [6.07, 6.45) is 0.811. The van der Waals surface area contributed by atoms with E-state index in [1.165, 1.54) is 0 Å². The molecule has 7 nitrogen and oxygen atoms in total. The number of hydrogen-bond donors (Lipinski definition) is 1. The molecule has 0 radical (unpaired) electrons. The van der Waals surface area contributed by atoms with Crippen molar-refractivity contribution in [3.05, 3.63) is 11.4 Å². The zero-order valence-electron chi connectivity index (χ0n) is 11.8. The molecule has 118 valence electrons. The molecule has 1 atom stereocenters. The third kappa shape index (κ3) is 3.75. The molecule has 0 aliphatic carbocycles. The molecule has 1 aliphatic rings. The van der Waals surface area contributed by atoms with Crippen LogP contribution in [0.1, 0.15) is 42.4 Å². The van der Waals surface area contributed by atoms with E-state index in [1.807, 2.05) is 0 Å². The Morgan fingerprint density at radius 1 is 1.57 bits per heavy atom. The van der Waals surface area contributed by atoms with Gasteiger partial charge in [0, 0.05) is 23.2 Å². The molecule has 9 heteroatoms. The van der Waals surface area contributed by atoms with Gasteiger partial charge >= 0.3 is 5.97 Å². The Hall–Kier alpha value is -1.12. The van der Waals surface area contributed by atoms with Crippen LogP contribution in [0.4, 0.5) is 0 Å². The summed E-state index contributed by atoms with van der Waals surface area (Å²) in [6, 6.07) is 0. The van der Waals surface area contributed by atoms with Crippen molar-refractivity contribution < 1.29 is 22.7 Å². The predicted octanol–water partition coefficient (Wildman–Crippen LogP) is 1.65. The number of halogens is 1. The summed E-state index contributed by atoms with van der Waals surface area (Å²) in [7, 11) is 1.31. The van der Waals surface area contributed by atoms with Crippen molar-refractivity contribution in [1.82, 2.24) is 10.2 Å². The van der Waals surface area contributed by atoms with Crippen LogP contribution in [-0.2, 0) is 18.5 Å². The van der Waals surface area contributed by atoms with Gasteiger partial charge in [-0.15, -0.1) is 0 Å². The van der Waals surface area contributed by atoms with Crippen molar-refractivity contribution in [1.29, 1.82) is 0 Å². The van der Waals surface area contributed by atoms with Crippen LogP contribution in [-0.4, -0.2) is 44.4 Å². The average molecular weight is 337 g/mol. The Morgan fingerprint density at radius 3 is 2.81 bits per heavy atom. The lowest BCUT2D eigenvalue weighted by molar-refractivity contribution is 0.0417. The van der Waals surface area contributed by atoms with Crippen molar-refractivity contribution in [2.75, 3.05) is 19.8 Å². The van der Waals surface area contributed by atoms with E-state index in [0.717, 1.165) is 6.42 Å². The third-order valence-electron chi connectivity index (χ3n) is 3.24. The molecule has 2 rings (SSSR count). The van der Waals surface area contributed by atoms with Crippen LogP contribution in [0.2, 0.25) is 0 Å². The molecule has 1 aliphatic heterocycles. The van der Waals surface area contributed by atoms with Gasteiger partial charge in [0.2, 0.25) is 0 Å². The molecule has 2 heterocycles. The largest absolute Gasteiger partial charge is 0.460 e. The highest BCUT2D eigenvalue weighted by atomic mass is 35.7. The average Bonchev–Trinajstić information content (AvgIpc) is 3.03. The summed E-state index contributed by atoms with van der Waals surface area (Å²) in [5.74, 6) is -0.844. The maximum atomic E-state index is 12.0. The first-order valence-electron chi connectivity index (χ1n) is 6.58. The summed E-state index contributed by atoms with van der Waals surface area (Å²) in [6.45, 7) is 4.88. The van der Waals surface area contributed by atoms with Gasteiger partial charge < -0.3 is 9.47 Å². The predicted molar refractivity (Wildman–Crippen MR) is 74.9 cm³/mol. The number of hydrogen-bond acceptors (Lipinski definition) is 6. The van der Waals surface area contributed by atoms with E-state index in [-0.39, 0.29) is 29.0 Å². The number of carbonyl (C=O) groups is 1. The molecule has 1 aromatic rings. The lowest BCUT2D eigenvalue weighted by Gasteiger charge is -2.08. The van der Waals surface area contributed by atoms with E-state index in [9.17, 15) is 13.2 Å². The fourth-order valence-corrected chi connectivity index (χ4v) is 3.47. The molecule has 0 bridgehead atoms. The number of ether oxygens (including phenoxy) is 2. The van der Waals surface area contributed by atoms with Crippen LogP contribution in [0.3, 0.4) is 0 Å². The van der Waals surface area contributed by atoms with Crippen molar-refractivity contribution in [2.45, 2.75) is 31.1 Å². The van der Waals surface area contributed by atoms with Gasteiger partial charge in [0.05, 0.1) is 18.9 Å². The Kier molecular flexibility index (Phi) is 4.90. The lowest BCUT2D eigenvalue weighted by atomic mass is 10.1. The molecule has 1 N–H and O–H groups in total. The zero-order chi connectivity index (χ0) is 15.6. The number of carbonyl (C=O) groups excluding carboxylic acids is 1. The van der Waals surface area contributed by atoms with Crippen LogP contribution >= 0.6 is 10.7 Å². The Balaban J connectivity index is 2.20. The molecule has 0 amide bonds. The highest BCUT2D eigenvalue weighted by Gasteiger charge is 2.31. The maximum Gasteiger partial charge on any atom is 0.360 e. The van der Waals surface area contributed by atoms with Crippen molar-refractivity contribution in [3.63, 3.8) is 0 Å². The third-order valence-corrected chi connectivity index (χ3v) is 4.60. The molecular weight excluding hydrogens is 320 g/mol. The first-order chi connectivity index (χ1) is 9.80. The fourth-order valence-electron chi connectivity index (χ4n) is 2.10. The molecule has 0 saturated carbocycles. The smallest absolute Gasteiger partial charge is 0.360 e. The first-order valence-corrected chi connectivity index (χ1v) is 8.89. The number of H-pyrrole nitrogens is 1. The SMILES string of the molecule is CC(C)c1[nH]nc(C(=O)OCC2CCOC2)c1S(=O)(=O)Cl. The standard InChI is InChI=1S/C12H17ClN2O5S/c1-7(2)9-11(21(13,17)18)10(15-14-9)12(16)20-6-8-3-4-19-5-8/h7-8H,3-6H2,1-2H3,(H,14,15). The molecular formula is C12H17ClN2O5S. The van der Waals surface area contributed by atoms with Gasteiger partial charge in [-0.3, -0.25) is 5.10 Å². The zero-order valence-corrected chi connectivity index (χ0v) is 13.3. The van der Waals surface area contributed by atoms with Crippen LogP contribution in [0.25, 0.3) is 0 Å². The summed E-state index contributed by atoms with van der Waals surface area (Å²) < 4.78 is 33.7. The Morgan fingerprint density at radius 2 is 2.29 bits per heavy atom. The van der Waals surface area contributed by atoms with Gasteiger partial charge in [0.15, 0.2) is 5.69 Å². The summed E-state index contributed by atoms with van der Waals surface area (Å²) >= 11 is 0. The molecule has 0 spiro atoms. The van der Waals surface area contributed by atoms with Crippen molar-refractivity contribution >= 4 is 25.7 Å². The van der Waals surface area contributed by atoms with Crippen LogP contribution in [0, 0.1) is 5.92 Å². The maximum absolute atomic E-state index is 12.0. The highest BCUT2D eigenvalue weighted by molar-refractivity contribution is 8.13. The van der Waals surface area contributed by atoms with Crippen molar-refractivity contribution in [3.8, 4) is 0 Å². The Labute approximate surface area is 127 Å². The van der Waals surface area contributed by atoms with Gasteiger partial charge in [-0.05, 0) is 12.3 Å². The number of aromatic amines is 1. The highest BCUT2D eigenvalue weighted by Crippen LogP contribution is 2.28. The summed E-state index contributed by atoms with van der Waals surface area (Å²) in [4.78, 5) is 11.7. The van der Waals surface area contributed by atoms with Gasteiger partial charge in [0.25, 0.3) is 9.05 Å². The molecule has 0 aromatic carbocycles. The fraction of sp³-hybridized carbons (Fsp3) is 0.667. The van der Waals surface area contributed by atoms with E-state index in [2.05, 4.69) is 10.2 Å². The van der Waals surface area contributed by atoms with E-state index in [0.29, 0.717) is 18.9 Å². The summed E-state index contributed by atoms with van der Waals surface area (Å²) in [5, 5.41) is 6.30. The van der Waals surface area contributed by atoms with Gasteiger partial charge in [0.1, 0.15) is 4.90 Å². The minimum absolute atomic E-state index is 0.133. The van der Waals surface area contributed by atoms with Gasteiger partial charge in [-0.2, -0.15) is 5.10 Å². The van der Waals surface area contributed by atoms with E-state index in [1.54, 1.807) is 13.8 Å². The number of rotatable bonds is 5. The Bertz CT molecular complexity index is 620.